The maximum Gasteiger partial charge on any atom is 0.145 e. The summed E-state index contributed by atoms with van der Waals surface area (Å²) in [6.45, 7) is 7.53. The summed E-state index contributed by atoms with van der Waals surface area (Å²) in [4.78, 5) is 6.58. The molecule has 23 heavy (non-hydrogen) atoms. The van der Waals surface area contributed by atoms with E-state index in [1.807, 2.05) is 12.1 Å². The van der Waals surface area contributed by atoms with E-state index in [4.69, 9.17) is 0 Å². The van der Waals surface area contributed by atoms with E-state index in [9.17, 15) is 8.96 Å². The molecule has 0 bridgehead atoms. The number of aryl methyl sites for hydroxylation is 1. The maximum atomic E-state index is 14.2. The molecule has 124 valence electrons. The molecule has 0 spiro atoms. The van der Waals surface area contributed by atoms with Crippen LogP contribution in [0.4, 0.5) is 4.39 Å². The smallest absolute Gasteiger partial charge is 0.145 e. The Balaban J connectivity index is 2.29. The van der Waals surface area contributed by atoms with Gasteiger partial charge in [-0.15, -0.1) is 0 Å². The summed E-state index contributed by atoms with van der Waals surface area (Å²) in [5.41, 5.74) is 2.22. The fraction of sp³-hybridized carbons (Fsp3) is 0.500. The number of aromatic nitrogens is 1. The van der Waals surface area contributed by atoms with Gasteiger partial charge in [0.25, 0.3) is 0 Å². The minimum Gasteiger partial charge on any atom is -0.318 e. The highest BCUT2D eigenvalue weighted by Gasteiger charge is 2.33. The lowest BCUT2D eigenvalue weighted by atomic mass is 10.0. The monoisotopic (exact) mass is 334 g/mol. The molecule has 0 radical (unpaired) electrons. The fourth-order valence-corrected chi connectivity index (χ4v) is 6.77. The van der Waals surface area contributed by atoms with E-state index in [0.29, 0.717) is 18.0 Å². The van der Waals surface area contributed by atoms with Crippen molar-refractivity contribution < 1.29 is 8.96 Å². The number of nitrogens with zero attached hydrogens (tertiary/aromatic N) is 2. The number of halogens is 1. The van der Waals surface area contributed by atoms with Gasteiger partial charge in [0.15, 0.2) is 0 Å². The van der Waals surface area contributed by atoms with Crippen LogP contribution in [0.1, 0.15) is 31.0 Å². The van der Waals surface area contributed by atoms with Crippen LogP contribution in [-0.4, -0.2) is 42.3 Å². The van der Waals surface area contributed by atoms with Crippen LogP contribution < -0.4 is 5.30 Å². The van der Waals surface area contributed by atoms with Crippen LogP contribution in [0.3, 0.4) is 0 Å². The Morgan fingerprint density at radius 3 is 2.52 bits per heavy atom. The van der Waals surface area contributed by atoms with Crippen molar-refractivity contribution >= 4 is 23.3 Å². The molecule has 3 nitrogen and oxygen atoms in total. The third-order valence-corrected chi connectivity index (χ3v) is 8.00. The summed E-state index contributed by atoms with van der Waals surface area (Å²) >= 11 is 0. The average molecular weight is 334 g/mol. The van der Waals surface area contributed by atoms with Crippen molar-refractivity contribution in [2.24, 2.45) is 0 Å². The van der Waals surface area contributed by atoms with Crippen molar-refractivity contribution in [3.05, 3.63) is 35.3 Å². The molecule has 1 saturated heterocycles. The van der Waals surface area contributed by atoms with E-state index in [-0.39, 0.29) is 11.7 Å². The van der Waals surface area contributed by atoms with Crippen molar-refractivity contribution in [1.29, 1.82) is 0 Å². The second-order valence-corrected chi connectivity index (χ2v) is 10.0. The van der Waals surface area contributed by atoms with Crippen LogP contribution >= 0.6 is 7.14 Å². The number of fused-ring (bicyclic) bond motifs is 1. The Morgan fingerprint density at radius 1 is 1.26 bits per heavy atom. The van der Waals surface area contributed by atoms with Crippen LogP contribution in [-0.2, 0) is 4.57 Å². The molecular formula is C18H24FN2OP. The normalized spacial score (nSPS) is 18.7. The SMILES string of the molecule is Cc1nc2ccc(C(C)C)c(P3(=O)CCN(C)CC3)c2cc1F. The van der Waals surface area contributed by atoms with E-state index < -0.39 is 7.14 Å². The first-order valence-corrected chi connectivity index (χ1v) is 10.3. The predicted molar refractivity (Wildman–Crippen MR) is 95.0 cm³/mol. The summed E-state index contributed by atoms with van der Waals surface area (Å²) in [5, 5.41) is 1.62. The van der Waals surface area contributed by atoms with E-state index in [1.54, 1.807) is 6.92 Å². The van der Waals surface area contributed by atoms with Gasteiger partial charge in [-0.2, -0.15) is 0 Å². The highest BCUT2D eigenvalue weighted by Crippen LogP contribution is 2.49. The Hall–Kier alpha value is -1.25. The van der Waals surface area contributed by atoms with Crippen molar-refractivity contribution in [1.82, 2.24) is 9.88 Å². The number of rotatable bonds is 2. The first kappa shape index (κ1) is 16.6. The summed E-state index contributed by atoms with van der Waals surface area (Å²) < 4.78 is 27.9. The topological polar surface area (TPSA) is 33.2 Å². The zero-order valence-electron chi connectivity index (χ0n) is 14.3. The van der Waals surface area contributed by atoms with Gasteiger partial charge in [-0.05, 0) is 37.6 Å². The Bertz CT molecular complexity index is 791. The van der Waals surface area contributed by atoms with Gasteiger partial charge in [-0.1, -0.05) is 19.9 Å². The molecule has 2 aromatic rings. The highest BCUT2D eigenvalue weighted by molar-refractivity contribution is 7.72. The van der Waals surface area contributed by atoms with E-state index in [1.165, 1.54) is 6.07 Å². The van der Waals surface area contributed by atoms with Gasteiger partial charge in [0.05, 0.1) is 11.2 Å². The van der Waals surface area contributed by atoms with Gasteiger partial charge in [0, 0.05) is 36.1 Å². The molecule has 2 heterocycles. The molecule has 0 aliphatic carbocycles. The molecule has 1 aliphatic heterocycles. The maximum absolute atomic E-state index is 14.2. The summed E-state index contributed by atoms with van der Waals surface area (Å²) in [6.07, 6.45) is 1.33. The van der Waals surface area contributed by atoms with Crippen LogP contribution in [0, 0.1) is 12.7 Å². The van der Waals surface area contributed by atoms with Gasteiger partial charge in [0.2, 0.25) is 0 Å². The molecule has 0 unspecified atom stereocenters. The van der Waals surface area contributed by atoms with Crippen LogP contribution in [0.25, 0.3) is 10.9 Å². The van der Waals surface area contributed by atoms with Crippen molar-refractivity contribution in [3.8, 4) is 0 Å². The lowest BCUT2D eigenvalue weighted by Gasteiger charge is -2.32. The number of hydrogen-bond acceptors (Lipinski definition) is 3. The first-order chi connectivity index (χ1) is 10.8. The van der Waals surface area contributed by atoms with Gasteiger partial charge in [0.1, 0.15) is 13.0 Å². The lowest BCUT2D eigenvalue weighted by Crippen LogP contribution is -2.35. The summed E-state index contributed by atoms with van der Waals surface area (Å²) in [5.74, 6) is -0.0652. The lowest BCUT2D eigenvalue weighted by molar-refractivity contribution is 0.361. The summed E-state index contributed by atoms with van der Waals surface area (Å²) in [7, 11) is -0.467. The number of benzene rings is 1. The molecule has 1 aromatic heterocycles. The largest absolute Gasteiger partial charge is 0.318 e. The predicted octanol–water partition coefficient (Wildman–Crippen LogP) is 3.74. The van der Waals surface area contributed by atoms with E-state index in [2.05, 4.69) is 30.8 Å². The third kappa shape index (κ3) is 2.95. The Kier molecular flexibility index (Phi) is 4.33. The van der Waals surface area contributed by atoms with Crippen LogP contribution in [0.2, 0.25) is 0 Å². The first-order valence-electron chi connectivity index (χ1n) is 8.19. The number of pyridine rings is 1. The molecule has 1 aromatic carbocycles. The minimum atomic E-state index is -2.52. The zero-order chi connectivity index (χ0) is 16.8. The molecule has 3 rings (SSSR count). The van der Waals surface area contributed by atoms with E-state index >= 15 is 0 Å². The molecule has 1 fully saturated rings. The van der Waals surface area contributed by atoms with E-state index in [0.717, 1.165) is 34.9 Å². The van der Waals surface area contributed by atoms with Crippen molar-refractivity contribution in [3.63, 3.8) is 0 Å². The molecule has 5 heteroatoms. The Morgan fingerprint density at radius 2 is 1.91 bits per heavy atom. The quantitative estimate of drug-likeness (QED) is 0.785. The molecule has 0 saturated carbocycles. The second-order valence-electron chi connectivity index (χ2n) is 6.92. The van der Waals surface area contributed by atoms with Gasteiger partial charge < -0.3 is 9.46 Å². The molecule has 0 atom stereocenters. The standard InChI is InChI=1S/C18H24FN2OP/c1-12(2)14-5-6-17-15(11-16(19)13(3)20-17)18(14)23(22)9-7-21(4)8-10-23/h5-6,11-12H,7-10H2,1-4H3. The fourth-order valence-electron chi connectivity index (χ4n) is 3.35. The van der Waals surface area contributed by atoms with Crippen molar-refractivity contribution in [2.45, 2.75) is 26.7 Å². The van der Waals surface area contributed by atoms with Crippen LogP contribution in [0.15, 0.2) is 18.2 Å². The third-order valence-electron chi connectivity index (χ3n) is 4.85. The summed E-state index contributed by atoms with van der Waals surface area (Å²) in [6, 6.07) is 5.50. The average Bonchev–Trinajstić information content (AvgIpc) is 2.50. The minimum absolute atomic E-state index is 0.254. The Labute approximate surface area is 137 Å². The van der Waals surface area contributed by atoms with Crippen molar-refractivity contribution in [2.75, 3.05) is 32.5 Å². The zero-order valence-corrected chi connectivity index (χ0v) is 15.2. The van der Waals surface area contributed by atoms with Gasteiger partial charge in [-0.3, -0.25) is 4.98 Å². The highest BCUT2D eigenvalue weighted by atomic mass is 31.2. The van der Waals surface area contributed by atoms with Gasteiger partial charge in [-0.25, -0.2) is 4.39 Å². The molecule has 0 N–H and O–H groups in total. The molecule has 1 aliphatic rings. The molecular weight excluding hydrogens is 310 g/mol. The van der Waals surface area contributed by atoms with Crippen LogP contribution in [0.5, 0.6) is 0 Å². The molecule has 0 amide bonds. The number of hydrogen-bond donors (Lipinski definition) is 0. The van der Waals surface area contributed by atoms with Gasteiger partial charge >= 0.3 is 0 Å². The second kappa shape index (κ2) is 5.99.